The first-order valence-corrected chi connectivity index (χ1v) is 10.1. The Morgan fingerprint density at radius 3 is 1.68 bits per heavy atom. The Hall–Kier alpha value is -2.26. The van der Waals surface area contributed by atoms with Crippen molar-refractivity contribution in [3.05, 3.63) is 90.9 Å². The average molecular weight is 453 g/mol. The molecular formula is C18H10Cl2N2O4S2. The second kappa shape index (κ2) is 8.83. The van der Waals surface area contributed by atoms with Gasteiger partial charge in [0.2, 0.25) is 0 Å². The molecule has 0 aliphatic carbocycles. The molecule has 0 aliphatic rings. The summed E-state index contributed by atoms with van der Waals surface area (Å²) in [6, 6.07) is 16.0. The van der Waals surface area contributed by atoms with Gasteiger partial charge >= 0.3 is 0 Å². The molecule has 3 rings (SSSR count). The zero-order chi connectivity index (χ0) is 20.3. The molecule has 3 aromatic rings. The molecule has 0 saturated heterocycles. The van der Waals surface area contributed by atoms with Gasteiger partial charge in [0.1, 0.15) is 4.90 Å². The van der Waals surface area contributed by atoms with Crippen molar-refractivity contribution < 1.29 is 9.85 Å². The van der Waals surface area contributed by atoms with Gasteiger partial charge in [-0.2, -0.15) is 0 Å². The first kappa shape index (κ1) is 20.5. The van der Waals surface area contributed by atoms with Crippen molar-refractivity contribution in [2.75, 3.05) is 0 Å². The number of halogens is 2. The molecule has 0 aliphatic heterocycles. The summed E-state index contributed by atoms with van der Waals surface area (Å²) in [5, 5.41) is 24.0. The molecule has 0 amide bonds. The van der Waals surface area contributed by atoms with Crippen molar-refractivity contribution in [2.24, 2.45) is 0 Å². The SMILES string of the molecule is O=[N+]([O-])c1cc(Sc2ccc(Cl)cc2)c(Sc2ccc(Cl)cc2)c([N+](=O)[O-])c1. The highest BCUT2D eigenvalue weighted by molar-refractivity contribution is 8.02. The van der Waals surface area contributed by atoms with Crippen molar-refractivity contribution in [1.29, 1.82) is 0 Å². The molecule has 6 nitrogen and oxygen atoms in total. The summed E-state index contributed by atoms with van der Waals surface area (Å²) in [5.41, 5.74) is -0.672. The zero-order valence-corrected chi connectivity index (χ0v) is 17.0. The zero-order valence-electron chi connectivity index (χ0n) is 13.9. The quantitative estimate of drug-likeness (QED) is 0.292. The molecule has 0 atom stereocenters. The van der Waals surface area contributed by atoms with E-state index in [9.17, 15) is 20.2 Å². The predicted molar refractivity (Wildman–Crippen MR) is 111 cm³/mol. The Morgan fingerprint density at radius 1 is 0.714 bits per heavy atom. The standard InChI is InChI=1S/C18H10Cl2N2O4S2/c19-11-1-5-14(6-2-11)27-17-10-13(21(23)24)9-16(22(25)26)18(17)28-15-7-3-12(20)4-8-15/h1-10H. The number of non-ortho nitro benzene ring substituents is 1. The maximum atomic E-state index is 11.6. The Balaban J connectivity index is 2.12. The lowest BCUT2D eigenvalue weighted by molar-refractivity contribution is -0.396. The monoisotopic (exact) mass is 452 g/mol. The van der Waals surface area contributed by atoms with Gasteiger partial charge < -0.3 is 0 Å². The van der Waals surface area contributed by atoms with Crippen molar-refractivity contribution >= 4 is 58.1 Å². The van der Waals surface area contributed by atoms with E-state index in [1.54, 1.807) is 48.5 Å². The van der Waals surface area contributed by atoms with E-state index in [1.807, 2.05) is 0 Å². The molecular weight excluding hydrogens is 443 g/mol. The van der Waals surface area contributed by atoms with Crippen LogP contribution in [0.1, 0.15) is 0 Å². The fourth-order valence-corrected chi connectivity index (χ4v) is 4.55. The van der Waals surface area contributed by atoms with E-state index in [1.165, 1.54) is 17.8 Å². The summed E-state index contributed by atoms with van der Waals surface area (Å²) in [7, 11) is 0. The van der Waals surface area contributed by atoms with Gasteiger partial charge in [-0.15, -0.1) is 0 Å². The maximum absolute atomic E-state index is 11.6. The second-order valence-electron chi connectivity index (χ2n) is 5.42. The summed E-state index contributed by atoms with van der Waals surface area (Å²) in [5.74, 6) is 0. The summed E-state index contributed by atoms with van der Waals surface area (Å²) >= 11 is 14.1. The fourth-order valence-electron chi connectivity index (χ4n) is 2.24. The van der Waals surface area contributed by atoms with Gasteiger partial charge in [-0.1, -0.05) is 46.7 Å². The average Bonchev–Trinajstić information content (AvgIpc) is 2.66. The first-order valence-electron chi connectivity index (χ1n) is 7.67. The van der Waals surface area contributed by atoms with Crippen molar-refractivity contribution in [1.82, 2.24) is 0 Å². The summed E-state index contributed by atoms with van der Waals surface area (Å²) < 4.78 is 0. The number of nitrogens with zero attached hydrogens (tertiary/aromatic N) is 2. The molecule has 0 unspecified atom stereocenters. The van der Waals surface area contributed by atoms with Crippen LogP contribution in [0.4, 0.5) is 11.4 Å². The van der Waals surface area contributed by atoms with E-state index >= 15 is 0 Å². The number of hydrogen-bond acceptors (Lipinski definition) is 6. The molecule has 3 aromatic carbocycles. The van der Waals surface area contributed by atoms with Crippen molar-refractivity contribution in [3.8, 4) is 0 Å². The smallest absolute Gasteiger partial charge is 0.258 e. The highest BCUT2D eigenvalue weighted by Crippen LogP contribution is 2.46. The number of nitro benzene ring substituents is 2. The van der Waals surface area contributed by atoms with Crippen LogP contribution in [-0.4, -0.2) is 9.85 Å². The molecule has 142 valence electrons. The minimum absolute atomic E-state index is 0.317. The molecule has 0 saturated carbocycles. The van der Waals surface area contributed by atoms with Crippen LogP contribution in [0, 0.1) is 20.2 Å². The van der Waals surface area contributed by atoms with Crippen LogP contribution in [0.15, 0.2) is 80.2 Å². The number of benzene rings is 3. The third kappa shape index (κ3) is 4.96. The third-order valence-corrected chi connectivity index (χ3v) is 6.33. The van der Waals surface area contributed by atoms with Crippen LogP contribution in [-0.2, 0) is 0 Å². The van der Waals surface area contributed by atoms with E-state index in [-0.39, 0.29) is 11.4 Å². The topological polar surface area (TPSA) is 86.3 Å². The highest BCUT2D eigenvalue weighted by Gasteiger charge is 2.25. The fraction of sp³-hybridized carbons (Fsp3) is 0. The van der Waals surface area contributed by atoms with Gasteiger partial charge in [0.05, 0.1) is 15.9 Å². The molecule has 10 heteroatoms. The molecule has 0 bridgehead atoms. The highest BCUT2D eigenvalue weighted by atomic mass is 35.5. The molecule has 0 aromatic heterocycles. The third-order valence-electron chi connectivity index (χ3n) is 3.50. The predicted octanol–water partition coefficient (Wildman–Crippen LogP) is 7.11. The van der Waals surface area contributed by atoms with E-state index < -0.39 is 9.85 Å². The van der Waals surface area contributed by atoms with E-state index in [0.717, 1.165) is 27.6 Å². The summed E-state index contributed by atoms with van der Waals surface area (Å²) in [6.45, 7) is 0. The summed E-state index contributed by atoms with van der Waals surface area (Å²) in [4.78, 5) is 23.8. The van der Waals surface area contributed by atoms with Crippen LogP contribution < -0.4 is 0 Å². The van der Waals surface area contributed by atoms with Gasteiger partial charge in [-0.3, -0.25) is 20.2 Å². The first-order chi connectivity index (χ1) is 13.3. The minimum Gasteiger partial charge on any atom is -0.258 e. The summed E-state index contributed by atoms with van der Waals surface area (Å²) in [6.07, 6.45) is 0. The molecule has 0 radical (unpaired) electrons. The lowest BCUT2D eigenvalue weighted by Gasteiger charge is -2.10. The normalized spacial score (nSPS) is 10.6. The van der Waals surface area contributed by atoms with Gasteiger partial charge in [0, 0.05) is 30.8 Å². The van der Waals surface area contributed by atoms with Crippen LogP contribution >= 0.6 is 46.7 Å². The van der Waals surface area contributed by atoms with E-state index in [4.69, 9.17) is 23.2 Å². The van der Waals surface area contributed by atoms with Gasteiger partial charge in [-0.25, -0.2) is 0 Å². The molecule has 28 heavy (non-hydrogen) atoms. The van der Waals surface area contributed by atoms with Crippen LogP contribution in [0.3, 0.4) is 0 Å². The number of rotatable bonds is 6. The Morgan fingerprint density at radius 2 is 1.21 bits per heavy atom. The van der Waals surface area contributed by atoms with Crippen molar-refractivity contribution in [2.45, 2.75) is 19.6 Å². The maximum Gasteiger partial charge on any atom is 0.291 e. The minimum atomic E-state index is -0.643. The molecule has 0 heterocycles. The number of hydrogen-bond donors (Lipinski definition) is 0. The van der Waals surface area contributed by atoms with Gasteiger partial charge in [0.25, 0.3) is 11.4 Å². The van der Waals surface area contributed by atoms with Crippen LogP contribution in [0.2, 0.25) is 10.0 Å². The lowest BCUT2D eigenvalue weighted by Crippen LogP contribution is -1.97. The lowest BCUT2D eigenvalue weighted by atomic mass is 10.3. The van der Waals surface area contributed by atoms with E-state index in [0.29, 0.717) is 19.8 Å². The molecule has 0 spiro atoms. The largest absolute Gasteiger partial charge is 0.291 e. The number of nitro groups is 2. The second-order valence-corrected chi connectivity index (χ2v) is 8.49. The van der Waals surface area contributed by atoms with E-state index in [2.05, 4.69) is 0 Å². The molecule has 0 fully saturated rings. The van der Waals surface area contributed by atoms with Crippen molar-refractivity contribution in [3.63, 3.8) is 0 Å². The molecule has 0 N–H and O–H groups in total. The Kier molecular flexibility index (Phi) is 6.46. The van der Waals surface area contributed by atoms with Gasteiger partial charge in [-0.05, 0) is 48.5 Å². The van der Waals surface area contributed by atoms with Gasteiger partial charge in [0.15, 0.2) is 0 Å². The Labute approximate surface area is 178 Å². The van der Waals surface area contributed by atoms with Crippen LogP contribution in [0.5, 0.6) is 0 Å². The Bertz CT molecular complexity index is 1040. The van der Waals surface area contributed by atoms with Crippen LogP contribution in [0.25, 0.3) is 0 Å².